The molecule has 1 fully saturated rings. The van der Waals surface area contributed by atoms with Crippen molar-refractivity contribution in [2.75, 3.05) is 0 Å². The molecule has 0 saturated heterocycles. The fourth-order valence-electron chi connectivity index (χ4n) is 2.49. The second-order valence-corrected chi connectivity index (χ2v) is 8.69. The molecule has 2 aromatic heterocycles. The van der Waals surface area contributed by atoms with E-state index in [-0.39, 0.29) is 4.90 Å². The molecule has 2 heterocycles. The molecule has 1 saturated carbocycles. The highest BCUT2D eigenvalue weighted by atomic mass is 32.2. The van der Waals surface area contributed by atoms with Gasteiger partial charge in [-0.05, 0) is 38.0 Å². The number of aromatic nitrogens is 4. The molecule has 0 radical (unpaired) electrons. The minimum Gasteiger partial charge on any atom is -0.305 e. The number of nitrogens with zero attached hydrogens (tertiary/aromatic N) is 4. The van der Waals surface area contributed by atoms with Gasteiger partial charge in [-0.2, -0.15) is 9.98 Å². The second kappa shape index (κ2) is 5.22. The molecule has 0 amide bonds. The molecular formula is C14H12N6O3S2. The molecule has 0 unspecified atom stereocenters. The molecule has 0 spiro atoms. The summed E-state index contributed by atoms with van der Waals surface area (Å²) in [5.74, 6) is 0. The van der Waals surface area contributed by atoms with Crippen LogP contribution in [0, 0.1) is 18.3 Å². The van der Waals surface area contributed by atoms with Crippen LogP contribution < -0.4 is 10.4 Å². The predicted octanol–water partition coefficient (Wildman–Crippen LogP) is 0.813. The highest BCUT2D eigenvalue weighted by molar-refractivity contribution is 7.89. The number of hydrogen-bond acceptors (Lipinski definition) is 7. The van der Waals surface area contributed by atoms with Gasteiger partial charge in [-0.15, -0.1) is 10.2 Å². The van der Waals surface area contributed by atoms with Gasteiger partial charge in [0.2, 0.25) is 15.2 Å². The van der Waals surface area contributed by atoms with E-state index in [2.05, 4.69) is 19.9 Å². The third-order valence-corrected chi connectivity index (χ3v) is 6.32. The van der Waals surface area contributed by atoms with Crippen molar-refractivity contribution in [1.29, 1.82) is 5.26 Å². The van der Waals surface area contributed by atoms with Crippen LogP contribution in [-0.2, 0) is 10.0 Å². The zero-order valence-corrected chi connectivity index (χ0v) is 14.6. The van der Waals surface area contributed by atoms with Crippen molar-refractivity contribution in [2.45, 2.75) is 30.2 Å². The number of fused-ring (bicyclic) bond motifs is 1. The molecule has 0 atom stereocenters. The summed E-state index contributed by atoms with van der Waals surface area (Å²) in [6.45, 7) is 1.76. The normalized spacial score (nSPS) is 16.0. The first-order valence-electron chi connectivity index (χ1n) is 7.34. The van der Waals surface area contributed by atoms with Gasteiger partial charge in [-0.25, -0.2) is 17.8 Å². The van der Waals surface area contributed by atoms with Crippen LogP contribution in [0.4, 0.5) is 0 Å². The monoisotopic (exact) mass is 376 g/mol. The number of hydrogen-bond donors (Lipinski definition) is 2. The fourth-order valence-corrected chi connectivity index (χ4v) is 4.59. The molecule has 128 valence electrons. The van der Waals surface area contributed by atoms with Crippen molar-refractivity contribution in [3.63, 3.8) is 0 Å². The highest BCUT2D eigenvalue weighted by Crippen LogP contribution is 2.36. The Morgan fingerprint density at radius 2 is 2.16 bits per heavy atom. The molecule has 0 bridgehead atoms. The number of nitriles is 1. The minimum atomic E-state index is -3.88. The zero-order valence-electron chi connectivity index (χ0n) is 13.0. The number of nitrogens with one attached hydrogen (secondary N) is 2. The quantitative estimate of drug-likeness (QED) is 0.692. The first-order chi connectivity index (χ1) is 11.8. The standard InChI is InChI=1S/C14H12N6O3S2/c1-8-17-18-13(24-8)20-11-6-9(2-3-10(11)16-12(20)21)25(22,23)19-14(7-15)4-5-14/h2-3,6,19H,4-5H2,1H3,(H,16,21). The molecule has 1 aromatic carbocycles. The van der Waals surface area contributed by atoms with Crippen LogP contribution in [0.1, 0.15) is 17.8 Å². The molecule has 3 aromatic rings. The molecule has 25 heavy (non-hydrogen) atoms. The Morgan fingerprint density at radius 1 is 1.40 bits per heavy atom. The lowest BCUT2D eigenvalue weighted by Gasteiger charge is -2.10. The van der Waals surface area contributed by atoms with Crippen LogP contribution >= 0.6 is 11.3 Å². The Balaban J connectivity index is 1.85. The maximum atomic E-state index is 12.6. The number of aryl methyl sites for hydroxylation is 1. The molecular weight excluding hydrogens is 364 g/mol. The van der Waals surface area contributed by atoms with Gasteiger partial charge in [-0.1, -0.05) is 11.3 Å². The molecule has 4 rings (SSSR count). The largest absolute Gasteiger partial charge is 0.332 e. The number of benzene rings is 1. The summed E-state index contributed by atoms with van der Waals surface area (Å²) < 4.78 is 28.8. The van der Waals surface area contributed by atoms with E-state index in [1.807, 2.05) is 6.07 Å². The summed E-state index contributed by atoms with van der Waals surface area (Å²) in [5, 5.41) is 18.0. The summed E-state index contributed by atoms with van der Waals surface area (Å²) in [6, 6.07) is 6.29. The average molecular weight is 376 g/mol. The first-order valence-corrected chi connectivity index (χ1v) is 9.64. The lowest BCUT2D eigenvalue weighted by Crippen LogP contribution is -2.35. The number of aromatic amines is 1. The Labute approximate surface area is 146 Å². The minimum absolute atomic E-state index is 0.0180. The van der Waals surface area contributed by atoms with Gasteiger partial charge >= 0.3 is 5.69 Å². The van der Waals surface area contributed by atoms with Crippen molar-refractivity contribution < 1.29 is 8.42 Å². The summed E-state index contributed by atoms with van der Waals surface area (Å²) in [6.07, 6.45) is 0.980. The zero-order chi connectivity index (χ0) is 17.8. The molecule has 1 aliphatic carbocycles. The topological polar surface area (TPSA) is 134 Å². The maximum Gasteiger partial charge on any atom is 0.332 e. The van der Waals surface area contributed by atoms with Crippen LogP contribution in [0.3, 0.4) is 0 Å². The molecule has 1 aliphatic rings. The second-order valence-electron chi connectivity index (χ2n) is 5.85. The van der Waals surface area contributed by atoms with Crippen LogP contribution in [0.25, 0.3) is 16.2 Å². The summed E-state index contributed by atoms with van der Waals surface area (Å²) >= 11 is 1.22. The third-order valence-electron chi connectivity index (χ3n) is 3.97. The van der Waals surface area contributed by atoms with Crippen molar-refractivity contribution >= 4 is 32.4 Å². The van der Waals surface area contributed by atoms with Crippen LogP contribution in [0.15, 0.2) is 27.9 Å². The number of sulfonamides is 1. The van der Waals surface area contributed by atoms with Gasteiger partial charge < -0.3 is 4.98 Å². The summed E-state index contributed by atoms with van der Waals surface area (Å²) in [5.41, 5.74) is -0.574. The van der Waals surface area contributed by atoms with E-state index in [1.165, 1.54) is 34.1 Å². The van der Waals surface area contributed by atoms with Crippen LogP contribution in [0.2, 0.25) is 0 Å². The van der Waals surface area contributed by atoms with E-state index >= 15 is 0 Å². The van der Waals surface area contributed by atoms with Gasteiger partial charge in [0.1, 0.15) is 10.5 Å². The van der Waals surface area contributed by atoms with E-state index in [0.29, 0.717) is 34.0 Å². The van der Waals surface area contributed by atoms with E-state index in [0.717, 1.165) is 0 Å². The SMILES string of the molecule is Cc1nnc(-n2c(=O)[nH]c3ccc(S(=O)(=O)NC4(C#N)CC4)cc32)s1. The Bertz CT molecular complexity index is 1190. The van der Waals surface area contributed by atoms with Crippen molar-refractivity contribution in [1.82, 2.24) is 24.5 Å². The molecule has 2 N–H and O–H groups in total. The Kier molecular flexibility index (Phi) is 3.33. The first kappa shape index (κ1) is 15.9. The maximum absolute atomic E-state index is 12.6. The van der Waals surface area contributed by atoms with E-state index in [9.17, 15) is 13.2 Å². The van der Waals surface area contributed by atoms with Crippen LogP contribution in [-0.4, -0.2) is 33.7 Å². The Morgan fingerprint density at radius 3 is 2.76 bits per heavy atom. The number of H-pyrrole nitrogens is 1. The number of imidazole rings is 1. The third kappa shape index (κ3) is 2.64. The van der Waals surface area contributed by atoms with Crippen molar-refractivity contribution in [3.8, 4) is 11.2 Å². The fraction of sp³-hybridized carbons (Fsp3) is 0.286. The van der Waals surface area contributed by atoms with E-state index < -0.39 is 21.3 Å². The summed E-state index contributed by atoms with van der Waals surface area (Å²) in [4.78, 5) is 14.9. The summed E-state index contributed by atoms with van der Waals surface area (Å²) in [7, 11) is -3.88. The Hall–Kier alpha value is -2.55. The van der Waals surface area contributed by atoms with Crippen LogP contribution in [0.5, 0.6) is 0 Å². The molecule has 9 nitrogen and oxygen atoms in total. The van der Waals surface area contributed by atoms with Gasteiger partial charge in [0, 0.05) is 0 Å². The van der Waals surface area contributed by atoms with Crippen molar-refractivity contribution in [3.05, 3.63) is 33.7 Å². The molecule has 0 aliphatic heterocycles. The van der Waals surface area contributed by atoms with Gasteiger partial charge in [0.25, 0.3) is 0 Å². The average Bonchev–Trinajstić information content (AvgIpc) is 3.06. The highest BCUT2D eigenvalue weighted by Gasteiger charge is 2.46. The van der Waals surface area contributed by atoms with E-state index in [1.54, 1.807) is 6.92 Å². The molecule has 11 heteroatoms. The predicted molar refractivity (Wildman–Crippen MR) is 90.0 cm³/mol. The van der Waals surface area contributed by atoms with E-state index in [4.69, 9.17) is 5.26 Å². The van der Waals surface area contributed by atoms with Gasteiger partial charge in [0.05, 0.1) is 22.0 Å². The van der Waals surface area contributed by atoms with Gasteiger partial charge in [0.15, 0.2) is 0 Å². The lowest BCUT2D eigenvalue weighted by molar-refractivity contribution is 0.571. The van der Waals surface area contributed by atoms with Crippen molar-refractivity contribution in [2.24, 2.45) is 0 Å². The number of rotatable bonds is 4. The smallest absolute Gasteiger partial charge is 0.305 e. The van der Waals surface area contributed by atoms with Gasteiger partial charge in [-0.3, -0.25) is 0 Å². The lowest BCUT2D eigenvalue weighted by atomic mass is 10.3.